The molecule has 0 aliphatic heterocycles. The largest absolute Gasteiger partial charge is 0.504 e. The molecule has 0 radical (unpaired) electrons. The molecule has 0 heterocycles. The minimum Gasteiger partial charge on any atom is -0.504 e. The Morgan fingerprint density at radius 1 is 1.50 bits per heavy atom. The third kappa shape index (κ3) is 1.78. The molecular formula is C7H3ClFNO3S. The number of phenols is 1. The molecule has 0 aliphatic rings. The van der Waals surface area contributed by atoms with Crippen LogP contribution in [0.5, 0.6) is 5.75 Å². The van der Waals surface area contributed by atoms with E-state index >= 15 is 0 Å². The van der Waals surface area contributed by atoms with Crippen molar-refractivity contribution in [1.29, 1.82) is 5.26 Å². The number of aromatic hydroxyl groups is 1. The maximum Gasteiger partial charge on any atom is 0.265 e. The molecule has 0 amide bonds. The van der Waals surface area contributed by atoms with E-state index in [9.17, 15) is 12.8 Å². The lowest BCUT2D eigenvalue weighted by Gasteiger charge is -2.01. The van der Waals surface area contributed by atoms with Gasteiger partial charge in [-0.2, -0.15) is 5.26 Å². The first kappa shape index (κ1) is 10.8. The number of nitrogens with zero attached hydrogens (tertiary/aromatic N) is 1. The summed E-state index contributed by atoms with van der Waals surface area (Å²) in [5.41, 5.74) is -0.452. The van der Waals surface area contributed by atoms with Crippen LogP contribution in [0.1, 0.15) is 5.56 Å². The van der Waals surface area contributed by atoms with Gasteiger partial charge >= 0.3 is 0 Å². The maximum absolute atomic E-state index is 13.0. The Morgan fingerprint density at radius 3 is 2.50 bits per heavy atom. The Kier molecular flexibility index (Phi) is 2.64. The third-order valence-electron chi connectivity index (χ3n) is 1.46. The first-order valence-corrected chi connectivity index (χ1v) is 5.55. The predicted molar refractivity (Wildman–Crippen MR) is 45.8 cm³/mol. The van der Waals surface area contributed by atoms with Crippen molar-refractivity contribution in [3.8, 4) is 11.8 Å². The van der Waals surface area contributed by atoms with Crippen molar-refractivity contribution in [1.82, 2.24) is 0 Å². The molecule has 4 nitrogen and oxygen atoms in total. The van der Waals surface area contributed by atoms with E-state index < -0.39 is 31.1 Å². The van der Waals surface area contributed by atoms with Gasteiger partial charge in [0.25, 0.3) is 9.05 Å². The normalized spacial score (nSPS) is 10.9. The molecule has 74 valence electrons. The minimum atomic E-state index is -4.21. The quantitative estimate of drug-likeness (QED) is 0.745. The Morgan fingerprint density at radius 2 is 2.07 bits per heavy atom. The van der Waals surface area contributed by atoms with E-state index in [0.717, 1.165) is 12.1 Å². The molecule has 0 atom stereocenters. The van der Waals surface area contributed by atoms with Crippen molar-refractivity contribution in [2.24, 2.45) is 0 Å². The molecule has 14 heavy (non-hydrogen) atoms. The zero-order chi connectivity index (χ0) is 10.9. The second-order valence-electron chi connectivity index (χ2n) is 2.32. The van der Waals surface area contributed by atoms with Gasteiger partial charge in [0.15, 0.2) is 11.6 Å². The molecule has 0 saturated carbocycles. The van der Waals surface area contributed by atoms with Crippen molar-refractivity contribution < 1.29 is 17.9 Å². The molecule has 1 rings (SSSR count). The van der Waals surface area contributed by atoms with Crippen LogP contribution in [0.15, 0.2) is 17.0 Å². The lowest BCUT2D eigenvalue weighted by molar-refractivity contribution is 0.417. The van der Waals surface area contributed by atoms with E-state index in [1.54, 1.807) is 0 Å². The van der Waals surface area contributed by atoms with Crippen LogP contribution < -0.4 is 0 Å². The Balaban J connectivity index is 3.57. The maximum atomic E-state index is 13.0. The van der Waals surface area contributed by atoms with Gasteiger partial charge in [-0.25, -0.2) is 12.8 Å². The molecule has 0 unspecified atom stereocenters. The number of nitriles is 1. The minimum absolute atomic E-state index is 0.452. The van der Waals surface area contributed by atoms with E-state index in [1.807, 2.05) is 0 Å². The summed E-state index contributed by atoms with van der Waals surface area (Å²) in [6.45, 7) is 0. The molecule has 1 aromatic carbocycles. The SMILES string of the molecule is N#Cc1ccc(S(=O)(=O)Cl)c(O)c1F. The highest BCUT2D eigenvalue weighted by atomic mass is 35.7. The van der Waals surface area contributed by atoms with Crippen molar-refractivity contribution in [3.05, 3.63) is 23.5 Å². The van der Waals surface area contributed by atoms with Gasteiger partial charge in [-0.15, -0.1) is 0 Å². The summed E-state index contributed by atoms with van der Waals surface area (Å²) in [5.74, 6) is -2.44. The van der Waals surface area contributed by atoms with Crippen LogP contribution in [0, 0.1) is 17.1 Å². The van der Waals surface area contributed by atoms with Crippen LogP contribution in [0.3, 0.4) is 0 Å². The lowest BCUT2D eigenvalue weighted by Crippen LogP contribution is -1.95. The molecule has 1 aromatic rings. The van der Waals surface area contributed by atoms with Crippen molar-refractivity contribution in [3.63, 3.8) is 0 Å². The van der Waals surface area contributed by atoms with Gasteiger partial charge in [-0.3, -0.25) is 0 Å². The topological polar surface area (TPSA) is 78.2 Å². The predicted octanol–water partition coefficient (Wildman–Crippen LogP) is 1.33. The monoisotopic (exact) mass is 235 g/mol. The zero-order valence-corrected chi connectivity index (χ0v) is 8.10. The average molecular weight is 236 g/mol. The second-order valence-corrected chi connectivity index (χ2v) is 4.86. The Bertz CT molecular complexity index is 520. The number of benzene rings is 1. The van der Waals surface area contributed by atoms with Gasteiger partial charge in [0.05, 0.1) is 5.56 Å². The van der Waals surface area contributed by atoms with E-state index in [1.165, 1.54) is 6.07 Å². The molecule has 0 saturated heterocycles. The van der Waals surface area contributed by atoms with Crippen LogP contribution in [0.4, 0.5) is 4.39 Å². The number of rotatable bonds is 1. The van der Waals surface area contributed by atoms with Crippen molar-refractivity contribution >= 4 is 19.7 Å². The Hall–Kier alpha value is -1.32. The summed E-state index contributed by atoms with van der Waals surface area (Å²) in [6.07, 6.45) is 0. The van der Waals surface area contributed by atoms with E-state index in [-0.39, 0.29) is 0 Å². The van der Waals surface area contributed by atoms with Gasteiger partial charge in [0.2, 0.25) is 0 Å². The fourth-order valence-electron chi connectivity index (χ4n) is 0.830. The van der Waals surface area contributed by atoms with Gasteiger partial charge in [0.1, 0.15) is 11.0 Å². The van der Waals surface area contributed by atoms with Crippen LogP contribution in [-0.2, 0) is 9.05 Å². The standard InChI is InChI=1S/C7H3ClFNO3S/c8-14(12,13)5-2-1-4(3-10)6(9)7(5)11/h1-2,11H. The molecule has 0 fully saturated rings. The summed E-state index contributed by atoms with van der Waals surface area (Å²) in [7, 11) is 0.686. The number of halogens is 2. The fourth-order valence-corrected chi connectivity index (χ4v) is 1.75. The third-order valence-corrected chi connectivity index (χ3v) is 2.82. The molecule has 0 bridgehead atoms. The van der Waals surface area contributed by atoms with E-state index in [4.69, 9.17) is 21.1 Å². The molecule has 0 spiro atoms. The lowest BCUT2D eigenvalue weighted by atomic mass is 10.2. The molecule has 0 aromatic heterocycles. The van der Waals surface area contributed by atoms with Crippen molar-refractivity contribution in [2.75, 3.05) is 0 Å². The van der Waals surface area contributed by atoms with Gasteiger partial charge < -0.3 is 5.11 Å². The summed E-state index contributed by atoms with van der Waals surface area (Å²) in [6, 6.07) is 3.22. The van der Waals surface area contributed by atoms with E-state index in [0.29, 0.717) is 0 Å². The average Bonchev–Trinajstić information content (AvgIpc) is 2.07. The summed E-state index contributed by atoms with van der Waals surface area (Å²) < 4.78 is 34.5. The number of hydrogen-bond acceptors (Lipinski definition) is 4. The van der Waals surface area contributed by atoms with Crippen LogP contribution in [-0.4, -0.2) is 13.5 Å². The highest BCUT2D eigenvalue weighted by Crippen LogP contribution is 2.29. The molecule has 7 heteroatoms. The number of phenolic OH excluding ortho intramolecular Hbond substituents is 1. The number of hydrogen-bond donors (Lipinski definition) is 1. The van der Waals surface area contributed by atoms with Gasteiger partial charge in [-0.1, -0.05) is 0 Å². The van der Waals surface area contributed by atoms with E-state index in [2.05, 4.69) is 0 Å². The second kappa shape index (κ2) is 3.44. The molecule has 1 N–H and O–H groups in total. The first-order valence-electron chi connectivity index (χ1n) is 3.24. The highest BCUT2D eigenvalue weighted by Gasteiger charge is 2.20. The highest BCUT2D eigenvalue weighted by molar-refractivity contribution is 8.13. The van der Waals surface area contributed by atoms with Crippen LogP contribution >= 0.6 is 10.7 Å². The van der Waals surface area contributed by atoms with Crippen molar-refractivity contribution in [2.45, 2.75) is 4.90 Å². The Labute approximate surface area is 83.6 Å². The molecular weight excluding hydrogens is 233 g/mol. The van der Waals surface area contributed by atoms with Gasteiger partial charge in [0, 0.05) is 10.7 Å². The molecule has 0 aliphatic carbocycles. The first-order chi connectivity index (χ1) is 6.38. The van der Waals surface area contributed by atoms with Crippen LogP contribution in [0.25, 0.3) is 0 Å². The van der Waals surface area contributed by atoms with Crippen LogP contribution in [0.2, 0.25) is 0 Å². The fraction of sp³-hybridized carbons (Fsp3) is 0. The summed E-state index contributed by atoms with van der Waals surface area (Å²) in [4.78, 5) is -0.754. The van der Waals surface area contributed by atoms with Gasteiger partial charge in [-0.05, 0) is 12.1 Å². The summed E-state index contributed by atoms with van der Waals surface area (Å²) >= 11 is 0. The zero-order valence-electron chi connectivity index (χ0n) is 6.53. The summed E-state index contributed by atoms with van der Waals surface area (Å²) in [5, 5.41) is 17.4. The smallest absolute Gasteiger partial charge is 0.265 e.